The number of aromatic nitrogens is 3. The van der Waals surface area contributed by atoms with Crippen LogP contribution in [0.5, 0.6) is 0 Å². The third-order valence-electron chi connectivity index (χ3n) is 3.44. The molecule has 0 aliphatic heterocycles. The zero-order chi connectivity index (χ0) is 16.2. The summed E-state index contributed by atoms with van der Waals surface area (Å²) in [5.74, 6) is 0.336. The number of aryl methyl sites for hydroxylation is 1. The molecule has 0 amide bonds. The van der Waals surface area contributed by atoms with Crippen LogP contribution in [0, 0.1) is 0 Å². The van der Waals surface area contributed by atoms with Gasteiger partial charge in [-0.25, -0.2) is 4.79 Å². The molecule has 1 aromatic carbocycles. The van der Waals surface area contributed by atoms with Gasteiger partial charge in [0.2, 0.25) is 0 Å². The van der Waals surface area contributed by atoms with E-state index in [-0.39, 0.29) is 0 Å². The van der Waals surface area contributed by atoms with Crippen molar-refractivity contribution in [2.45, 2.75) is 0 Å². The number of rotatable bonds is 4. The van der Waals surface area contributed by atoms with E-state index in [0.717, 1.165) is 17.1 Å². The highest BCUT2D eigenvalue weighted by Gasteiger charge is 2.14. The lowest BCUT2D eigenvalue weighted by Gasteiger charge is -2.09. The number of pyridine rings is 1. The minimum Gasteiger partial charge on any atom is -0.465 e. The van der Waals surface area contributed by atoms with E-state index < -0.39 is 5.97 Å². The summed E-state index contributed by atoms with van der Waals surface area (Å²) in [5, 5.41) is 7.67. The molecule has 3 rings (SSSR count). The fourth-order valence-corrected chi connectivity index (χ4v) is 2.25. The van der Waals surface area contributed by atoms with Crippen LogP contribution < -0.4 is 5.32 Å². The summed E-state index contributed by atoms with van der Waals surface area (Å²) in [6.07, 6.45) is 3.14. The third kappa shape index (κ3) is 3.06. The fraction of sp³-hybridized carbons (Fsp3) is 0.118. The SMILES string of the molecule is COC(=O)c1ccncc1Nc1cc(-c2ccccc2)nn1C. The number of nitrogens with zero attached hydrogens (tertiary/aromatic N) is 3. The first kappa shape index (κ1) is 14.8. The Morgan fingerprint density at radius 2 is 2.00 bits per heavy atom. The number of carbonyl (C=O) groups is 1. The molecule has 3 aromatic rings. The molecule has 2 heterocycles. The summed E-state index contributed by atoms with van der Waals surface area (Å²) in [5.41, 5.74) is 2.86. The third-order valence-corrected chi connectivity index (χ3v) is 3.44. The van der Waals surface area contributed by atoms with E-state index in [0.29, 0.717) is 11.3 Å². The molecule has 6 nitrogen and oxygen atoms in total. The van der Waals surface area contributed by atoms with E-state index in [4.69, 9.17) is 4.74 Å². The fourth-order valence-electron chi connectivity index (χ4n) is 2.25. The van der Waals surface area contributed by atoms with Crippen molar-refractivity contribution in [2.75, 3.05) is 12.4 Å². The lowest BCUT2D eigenvalue weighted by Crippen LogP contribution is -2.07. The Balaban J connectivity index is 1.93. The van der Waals surface area contributed by atoms with Gasteiger partial charge in [0.1, 0.15) is 5.82 Å². The van der Waals surface area contributed by atoms with Crippen molar-refractivity contribution in [1.82, 2.24) is 14.8 Å². The lowest BCUT2D eigenvalue weighted by molar-refractivity contribution is 0.0602. The summed E-state index contributed by atoms with van der Waals surface area (Å²) in [6.45, 7) is 0. The van der Waals surface area contributed by atoms with Gasteiger partial charge in [-0.05, 0) is 6.07 Å². The molecule has 0 radical (unpaired) electrons. The Labute approximate surface area is 133 Å². The molecule has 0 aliphatic carbocycles. The zero-order valence-electron chi connectivity index (χ0n) is 12.9. The lowest BCUT2D eigenvalue weighted by atomic mass is 10.1. The van der Waals surface area contributed by atoms with Crippen molar-refractivity contribution in [3.63, 3.8) is 0 Å². The Hall–Kier alpha value is -3.15. The van der Waals surface area contributed by atoms with Crippen molar-refractivity contribution >= 4 is 17.5 Å². The van der Waals surface area contributed by atoms with Gasteiger partial charge >= 0.3 is 5.97 Å². The molecular formula is C17H16N4O2. The first-order valence-electron chi connectivity index (χ1n) is 7.08. The van der Waals surface area contributed by atoms with Gasteiger partial charge < -0.3 is 10.1 Å². The van der Waals surface area contributed by atoms with E-state index >= 15 is 0 Å². The largest absolute Gasteiger partial charge is 0.465 e. The molecule has 2 aromatic heterocycles. The van der Waals surface area contributed by atoms with E-state index in [1.54, 1.807) is 23.1 Å². The molecule has 1 N–H and O–H groups in total. The van der Waals surface area contributed by atoms with E-state index in [1.165, 1.54) is 7.11 Å². The van der Waals surface area contributed by atoms with Crippen LogP contribution in [0.4, 0.5) is 11.5 Å². The number of hydrogen-bond donors (Lipinski definition) is 1. The van der Waals surface area contributed by atoms with Crippen LogP contribution in [-0.2, 0) is 11.8 Å². The average molecular weight is 308 g/mol. The molecule has 0 saturated carbocycles. The number of anilines is 2. The van der Waals surface area contributed by atoms with Gasteiger partial charge in [-0.3, -0.25) is 9.67 Å². The molecule has 0 atom stereocenters. The van der Waals surface area contributed by atoms with Crippen LogP contribution in [0.15, 0.2) is 54.9 Å². The highest BCUT2D eigenvalue weighted by molar-refractivity contribution is 5.96. The maximum Gasteiger partial charge on any atom is 0.340 e. The Morgan fingerprint density at radius 1 is 1.22 bits per heavy atom. The molecule has 116 valence electrons. The number of nitrogens with one attached hydrogen (secondary N) is 1. The molecule has 0 saturated heterocycles. The Morgan fingerprint density at radius 3 is 2.74 bits per heavy atom. The van der Waals surface area contributed by atoms with Crippen molar-refractivity contribution < 1.29 is 9.53 Å². The molecule has 0 fully saturated rings. The van der Waals surface area contributed by atoms with Gasteiger partial charge in [-0.15, -0.1) is 0 Å². The second-order valence-electron chi connectivity index (χ2n) is 4.94. The summed E-state index contributed by atoms with van der Waals surface area (Å²) >= 11 is 0. The summed E-state index contributed by atoms with van der Waals surface area (Å²) in [6, 6.07) is 13.4. The minimum absolute atomic E-state index is 0.416. The second-order valence-corrected chi connectivity index (χ2v) is 4.94. The molecule has 6 heteroatoms. The van der Waals surface area contributed by atoms with E-state index in [9.17, 15) is 4.79 Å². The topological polar surface area (TPSA) is 69.0 Å². The van der Waals surface area contributed by atoms with Crippen LogP contribution in [0.3, 0.4) is 0 Å². The van der Waals surface area contributed by atoms with Crippen molar-refractivity contribution in [2.24, 2.45) is 7.05 Å². The van der Waals surface area contributed by atoms with Crippen LogP contribution in [-0.4, -0.2) is 27.8 Å². The minimum atomic E-state index is -0.416. The van der Waals surface area contributed by atoms with Crippen LogP contribution >= 0.6 is 0 Å². The molecule has 0 bridgehead atoms. The number of ether oxygens (including phenoxy) is 1. The number of carbonyl (C=O) groups excluding carboxylic acids is 1. The van der Waals surface area contributed by atoms with Crippen molar-refractivity contribution in [3.8, 4) is 11.3 Å². The van der Waals surface area contributed by atoms with Crippen LogP contribution in [0.1, 0.15) is 10.4 Å². The van der Waals surface area contributed by atoms with Crippen LogP contribution in [0.25, 0.3) is 11.3 Å². The monoisotopic (exact) mass is 308 g/mol. The Bertz CT molecular complexity index is 828. The first-order chi connectivity index (χ1) is 11.2. The molecule has 0 unspecified atom stereocenters. The average Bonchev–Trinajstić information content (AvgIpc) is 2.96. The molecule has 23 heavy (non-hydrogen) atoms. The Kier molecular flexibility index (Phi) is 4.05. The normalized spacial score (nSPS) is 10.3. The van der Waals surface area contributed by atoms with E-state index in [1.807, 2.05) is 43.4 Å². The smallest absolute Gasteiger partial charge is 0.340 e. The maximum absolute atomic E-state index is 11.8. The van der Waals surface area contributed by atoms with Gasteiger partial charge in [-0.2, -0.15) is 5.10 Å². The number of hydrogen-bond acceptors (Lipinski definition) is 5. The first-order valence-corrected chi connectivity index (χ1v) is 7.08. The molecular weight excluding hydrogens is 292 g/mol. The van der Waals surface area contributed by atoms with E-state index in [2.05, 4.69) is 15.4 Å². The highest BCUT2D eigenvalue weighted by atomic mass is 16.5. The summed E-state index contributed by atoms with van der Waals surface area (Å²) < 4.78 is 6.51. The number of benzene rings is 1. The number of esters is 1. The standard InChI is InChI=1S/C17H16N4O2/c1-21-16(10-14(20-21)12-6-4-3-5-7-12)19-15-11-18-9-8-13(15)17(22)23-2/h3-11,19H,1-2H3. The van der Waals surface area contributed by atoms with Gasteiger partial charge in [-0.1, -0.05) is 30.3 Å². The van der Waals surface area contributed by atoms with Gasteiger partial charge in [0.15, 0.2) is 0 Å². The molecule has 0 aliphatic rings. The number of methoxy groups -OCH3 is 1. The summed E-state index contributed by atoms with van der Waals surface area (Å²) in [7, 11) is 3.19. The quantitative estimate of drug-likeness (QED) is 0.750. The second kappa shape index (κ2) is 6.31. The van der Waals surface area contributed by atoms with Gasteiger partial charge in [0.05, 0.1) is 30.3 Å². The maximum atomic E-state index is 11.8. The van der Waals surface area contributed by atoms with Crippen molar-refractivity contribution in [1.29, 1.82) is 0 Å². The highest BCUT2D eigenvalue weighted by Crippen LogP contribution is 2.25. The molecule has 0 spiro atoms. The summed E-state index contributed by atoms with van der Waals surface area (Å²) in [4.78, 5) is 15.9. The van der Waals surface area contributed by atoms with Gasteiger partial charge in [0, 0.05) is 24.9 Å². The van der Waals surface area contributed by atoms with Crippen molar-refractivity contribution in [3.05, 3.63) is 60.4 Å². The predicted molar refractivity (Wildman–Crippen MR) is 87.5 cm³/mol. The zero-order valence-corrected chi connectivity index (χ0v) is 12.9. The van der Waals surface area contributed by atoms with Gasteiger partial charge in [0.25, 0.3) is 0 Å². The predicted octanol–water partition coefficient (Wildman–Crippen LogP) is 3.01. The van der Waals surface area contributed by atoms with Crippen LogP contribution in [0.2, 0.25) is 0 Å².